The van der Waals surface area contributed by atoms with Gasteiger partial charge < -0.3 is 14.8 Å². The number of ether oxygens (including phenoxy) is 2. The molecule has 2 aromatic carbocycles. The molecule has 0 spiro atoms. The minimum Gasteiger partial charge on any atom is -0.490 e. The van der Waals surface area contributed by atoms with Gasteiger partial charge in [0.25, 0.3) is 0 Å². The molecule has 0 atom stereocenters. The Kier molecular flexibility index (Phi) is 7.33. The van der Waals surface area contributed by atoms with Crippen molar-refractivity contribution in [3.63, 3.8) is 0 Å². The van der Waals surface area contributed by atoms with Crippen molar-refractivity contribution >= 4 is 5.91 Å². The lowest BCUT2D eigenvalue weighted by molar-refractivity contribution is -0.120. The maximum absolute atomic E-state index is 12.0. The standard InChI is InChI=1S/C21H27NO3/c1-4-24-19-11-10-18(14-20(19)25-5-2)12-13-22-21(23)15-17-8-6-16(3)7-9-17/h6-11,14H,4-5,12-13,15H2,1-3H3,(H,22,23). The van der Waals surface area contributed by atoms with Gasteiger partial charge in [-0.05, 0) is 50.5 Å². The molecular weight excluding hydrogens is 314 g/mol. The first-order valence-electron chi connectivity index (χ1n) is 8.83. The molecule has 0 saturated carbocycles. The number of hydrogen-bond acceptors (Lipinski definition) is 3. The summed E-state index contributed by atoms with van der Waals surface area (Å²) >= 11 is 0. The Hall–Kier alpha value is -2.49. The first kappa shape index (κ1) is 18.8. The van der Waals surface area contributed by atoms with Crippen molar-refractivity contribution in [3.05, 3.63) is 59.2 Å². The summed E-state index contributed by atoms with van der Waals surface area (Å²) in [4.78, 5) is 12.0. The lowest BCUT2D eigenvalue weighted by Crippen LogP contribution is -2.27. The first-order valence-corrected chi connectivity index (χ1v) is 8.83. The van der Waals surface area contributed by atoms with E-state index in [0.29, 0.717) is 26.2 Å². The maximum Gasteiger partial charge on any atom is 0.224 e. The first-order chi connectivity index (χ1) is 12.1. The zero-order chi connectivity index (χ0) is 18.1. The average Bonchev–Trinajstić information content (AvgIpc) is 2.59. The Balaban J connectivity index is 1.85. The molecule has 1 amide bonds. The number of carbonyl (C=O) groups excluding carboxylic acids is 1. The van der Waals surface area contributed by atoms with Crippen LogP contribution in [0.5, 0.6) is 11.5 Å². The van der Waals surface area contributed by atoms with Crippen LogP contribution in [0.25, 0.3) is 0 Å². The maximum atomic E-state index is 12.0. The van der Waals surface area contributed by atoms with E-state index in [-0.39, 0.29) is 5.91 Å². The van der Waals surface area contributed by atoms with Gasteiger partial charge in [-0.25, -0.2) is 0 Å². The summed E-state index contributed by atoms with van der Waals surface area (Å²) in [5.41, 5.74) is 3.34. The summed E-state index contributed by atoms with van der Waals surface area (Å²) < 4.78 is 11.2. The average molecular weight is 341 g/mol. The monoisotopic (exact) mass is 341 g/mol. The van der Waals surface area contributed by atoms with Crippen LogP contribution in [0.15, 0.2) is 42.5 Å². The number of rotatable bonds is 9. The van der Waals surface area contributed by atoms with Crippen molar-refractivity contribution in [3.8, 4) is 11.5 Å². The van der Waals surface area contributed by atoms with E-state index < -0.39 is 0 Å². The van der Waals surface area contributed by atoms with Gasteiger partial charge in [0.2, 0.25) is 5.91 Å². The van der Waals surface area contributed by atoms with Gasteiger partial charge in [0, 0.05) is 6.54 Å². The van der Waals surface area contributed by atoms with Crippen LogP contribution >= 0.6 is 0 Å². The largest absolute Gasteiger partial charge is 0.490 e. The predicted molar refractivity (Wildman–Crippen MR) is 100 cm³/mol. The molecule has 2 rings (SSSR count). The lowest BCUT2D eigenvalue weighted by atomic mass is 10.1. The Bertz CT molecular complexity index is 680. The van der Waals surface area contributed by atoms with Crippen LogP contribution in [0.1, 0.15) is 30.5 Å². The van der Waals surface area contributed by atoms with E-state index in [1.165, 1.54) is 5.56 Å². The van der Waals surface area contributed by atoms with Crippen LogP contribution in [0.4, 0.5) is 0 Å². The fourth-order valence-corrected chi connectivity index (χ4v) is 2.55. The number of amides is 1. The molecule has 0 unspecified atom stereocenters. The highest BCUT2D eigenvalue weighted by Crippen LogP contribution is 2.28. The predicted octanol–water partition coefficient (Wildman–Crippen LogP) is 3.69. The van der Waals surface area contributed by atoms with Crippen LogP contribution in [0.3, 0.4) is 0 Å². The van der Waals surface area contributed by atoms with Crippen LogP contribution in [-0.4, -0.2) is 25.7 Å². The van der Waals surface area contributed by atoms with Crippen molar-refractivity contribution < 1.29 is 14.3 Å². The summed E-state index contributed by atoms with van der Waals surface area (Å²) in [6.45, 7) is 7.74. The third kappa shape index (κ3) is 6.14. The molecule has 4 nitrogen and oxygen atoms in total. The number of aryl methyl sites for hydroxylation is 1. The topological polar surface area (TPSA) is 47.6 Å². The molecule has 0 bridgehead atoms. The van der Waals surface area contributed by atoms with Crippen molar-refractivity contribution in [2.24, 2.45) is 0 Å². The molecule has 4 heteroatoms. The summed E-state index contributed by atoms with van der Waals surface area (Å²) in [7, 11) is 0. The number of benzene rings is 2. The molecular formula is C21H27NO3. The van der Waals surface area contributed by atoms with Gasteiger partial charge in [0.15, 0.2) is 11.5 Å². The highest BCUT2D eigenvalue weighted by Gasteiger charge is 2.07. The number of carbonyl (C=O) groups is 1. The van der Waals surface area contributed by atoms with Gasteiger partial charge in [0.05, 0.1) is 19.6 Å². The molecule has 0 heterocycles. The molecule has 0 fully saturated rings. The van der Waals surface area contributed by atoms with Gasteiger partial charge in [-0.2, -0.15) is 0 Å². The van der Waals surface area contributed by atoms with E-state index in [1.54, 1.807) is 0 Å². The Labute approximate surface area is 150 Å². The Morgan fingerprint density at radius 2 is 1.56 bits per heavy atom. The van der Waals surface area contributed by atoms with E-state index in [1.807, 2.05) is 63.2 Å². The minimum absolute atomic E-state index is 0.0415. The fraction of sp³-hybridized carbons (Fsp3) is 0.381. The molecule has 2 aromatic rings. The molecule has 134 valence electrons. The van der Waals surface area contributed by atoms with Crippen molar-refractivity contribution in [2.75, 3.05) is 19.8 Å². The Morgan fingerprint density at radius 1 is 0.920 bits per heavy atom. The van der Waals surface area contributed by atoms with Crippen molar-refractivity contribution in [1.82, 2.24) is 5.32 Å². The number of nitrogens with one attached hydrogen (secondary N) is 1. The van der Waals surface area contributed by atoms with Crippen LogP contribution in [0, 0.1) is 6.92 Å². The van der Waals surface area contributed by atoms with Gasteiger partial charge >= 0.3 is 0 Å². The van der Waals surface area contributed by atoms with Gasteiger partial charge in [0.1, 0.15) is 0 Å². The normalized spacial score (nSPS) is 10.4. The highest BCUT2D eigenvalue weighted by molar-refractivity contribution is 5.78. The molecule has 25 heavy (non-hydrogen) atoms. The van der Waals surface area contributed by atoms with E-state index >= 15 is 0 Å². The quantitative estimate of drug-likeness (QED) is 0.757. The van der Waals surface area contributed by atoms with Crippen LogP contribution in [0.2, 0.25) is 0 Å². The highest BCUT2D eigenvalue weighted by atomic mass is 16.5. The second kappa shape index (κ2) is 9.72. The van der Waals surface area contributed by atoms with Crippen molar-refractivity contribution in [2.45, 2.75) is 33.6 Å². The van der Waals surface area contributed by atoms with Crippen molar-refractivity contribution in [1.29, 1.82) is 0 Å². The molecule has 0 aromatic heterocycles. The Morgan fingerprint density at radius 3 is 2.24 bits per heavy atom. The van der Waals surface area contributed by atoms with Gasteiger partial charge in [-0.15, -0.1) is 0 Å². The van der Waals surface area contributed by atoms with E-state index in [2.05, 4.69) is 5.32 Å². The number of hydrogen-bond donors (Lipinski definition) is 1. The third-order valence-electron chi connectivity index (χ3n) is 3.83. The van der Waals surface area contributed by atoms with Gasteiger partial charge in [-0.3, -0.25) is 4.79 Å². The second-order valence-electron chi connectivity index (χ2n) is 5.91. The minimum atomic E-state index is 0.0415. The summed E-state index contributed by atoms with van der Waals surface area (Å²) in [5.74, 6) is 1.56. The van der Waals surface area contributed by atoms with E-state index in [0.717, 1.165) is 29.0 Å². The molecule has 0 saturated heterocycles. The molecule has 0 aliphatic rings. The molecule has 0 aliphatic carbocycles. The third-order valence-corrected chi connectivity index (χ3v) is 3.83. The summed E-state index contributed by atoms with van der Waals surface area (Å²) in [6, 6.07) is 14.0. The van der Waals surface area contributed by atoms with Crippen LogP contribution < -0.4 is 14.8 Å². The van der Waals surface area contributed by atoms with Crippen LogP contribution in [-0.2, 0) is 17.6 Å². The molecule has 0 radical (unpaired) electrons. The van der Waals surface area contributed by atoms with E-state index in [4.69, 9.17) is 9.47 Å². The van der Waals surface area contributed by atoms with E-state index in [9.17, 15) is 4.79 Å². The second-order valence-corrected chi connectivity index (χ2v) is 5.91. The summed E-state index contributed by atoms with van der Waals surface area (Å²) in [6.07, 6.45) is 1.17. The molecule has 0 aliphatic heterocycles. The summed E-state index contributed by atoms with van der Waals surface area (Å²) in [5, 5.41) is 2.97. The SMILES string of the molecule is CCOc1ccc(CCNC(=O)Cc2ccc(C)cc2)cc1OCC. The fourth-order valence-electron chi connectivity index (χ4n) is 2.55. The smallest absolute Gasteiger partial charge is 0.224 e. The van der Waals surface area contributed by atoms with Gasteiger partial charge in [-0.1, -0.05) is 35.9 Å². The zero-order valence-corrected chi connectivity index (χ0v) is 15.3. The molecule has 1 N–H and O–H groups in total. The lowest BCUT2D eigenvalue weighted by Gasteiger charge is -2.12. The zero-order valence-electron chi connectivity index (χ0n) is 15.3.